The summed E-state index contributed by atoms with van der Waals surface area (Å²) in [5.74, 6) is 0. The van der Waals surface area contributed by atoms with E-state index >= 15 is 0 Å². The fraction of sp³-hybridized carbons (Fsp3) is 0.250. The van der Waals surface area contributed by atoms with Crippen LogP contribution in [0.3, 0.4) is 0 Å². The molecule has 0 aromatic carbocycles. The Morgan fingerprint density at radius 1 is 1.79 bits per heavy atom. The first kappa shape index (κ1) is 9.14. The molecule has 0 bridgehead atoms. The van der Waals surface area contributed by atoms with Crippen molar-refractivity contribution in [3.63, 3.8) is 0 Å². The molecule has 2 heterocycles. The number of hydrogen-bond acceptors (Lipinski definition) is 5. The Bertz CT molecular complexity index is 348. The van der Waals surface area contributed by atoms with Crippen molar-refractivity contribution in [2.45, 2.75) is 5.44 Å². The highest BCUT2D eigenvalue weighted by atomic mass is 32.2. The molecule has 5 nitrogen and oxygen atoms in total. The number of carbonyl (C=O) groups excluding carboxylic acids is 1. The van der Waals surface area contributed by atoms with E-state index in [0.717, 1.165) is 5.70 Å². The third kappa shape index (κ3) is 1.74. The number of hydrogen-bond donors (Lipinski definition) is 1. The second-order valence-corrected chi connectivity index (χ2v) is 3.54. The van der Waals surface area contributed by atoms with Crippen LogP contribution in [0.15, 0.2) is 29.1 Å². The number of thioether (sulfide) groups is 1. The topological polar surface area (TPSA) is 59.9 Å². The van der Waals surface area contributed by atoms with Gasteiger partial charge in [0.1, 0.15) is 0 Å². The molecule has 0 fully saturated rings. The zero-order valence-electron chi connectivity index (χ0n) is 7.39. The van der Waals surface area contributed by atoms with Crippen molar-refractivity contribution in [3.8, 4) is 0 Å². The number of aliphatic imine (C=N–C) groups is 1. The van der Waals surface area contributed by atoms with E-state index in [2.05, 4.69) is 10.3 Å². The molecule has 0 saturated carbocycles. The first-order chi connectivity index (χ1) is 6.79. The summed E-state index contributed by atoms with van der Waals surface area (Å²) in [5, 5.41) is 2.65. The molecule has 2 aliphatic rings. The summed E-state index contributed by atoms with van der Waals surface area (Å²) in [4.78, 5) is 14.9. The molecular formula is C8H8N2O3S. The molecule has 0 radical (unpaired) electrons. The maximum Gasteiger partial charge on any atom is 0.414 e. The van der Waals surface area contributed by atoms with Crippen LogP contribution in [0.4, 0.5) is 4.79 Å². The average Bonchev–Trinajstić information content (AvgIpc) is 2.59. The first-order valence-electron chi connectivity index (χ1n) is 3.96. The number of nitrogens with zero attached hydrogens (tertiary/aromatic N) is 1. The van der Waals surface area contributed by atoms with Crippen molar-refractivity contribution in [2.75, 3.05) is 7.05 Å². The van der Waals surface area contributed by atoms with Crippen LogP contribution >= 0.6 is 11.8 Å². The minimum absolute atomic E-state index is 0.181. The summed E-state index contributed by atoms with van der Waals surface area (Å²) >= 11 is 1.26. The van der Waals surface area contributed by atoms with E-state index in [0.29, 0.717) is 5.23 Å². The van der Waals surface area contributed by atoms with Crippen molar-refractivity contribution < 1.29 is 14.3 Å². The van der Waals surface area contributed by atoms with Gasteiger partial charge in [-0.2, -0.15) is 0 Å². The number of amides is 1. The van der Waals surface area contributed by atoms with Crippen LogP contribution in [0.25, 0.3) is 0 Å². The van der Waals surface area contributed by atoms with Crippen LogP contribution in [0.5, 0.6) is 0 Å². The van der Waals surface area contributed by atoms with Crippen LogP contribution in [0.2, 0.25) is 0 Å². The second-order valence-electron chi connectivity index (χ2n) is 2.52. The first-order valence-corrected chi connectivity index (χ1v) is 4.84. The number of nitrogens with one attached hydrogen (secondary N) is 1. The summed E-state index contributed by atoms with van der Waals surface area (Å²) in [7, 11) is 1.49. The standard InChI is InChI=1S/C8H8N2O3S/c1-9-7(11)13-8-10-5-3-2-4-12-6(5)14-8/h2-4,6H,1H3,(H,9,11). The van der Waals surface area contributed by atoms with E-state index in [-0.39, 0.29) is 5.44 Å². The van der Waals surface area contributed by atoms with E-state index in [4.69, 9.17) is 9.47 Å². The number of allylic oxidation sites excluding steroid dienone is 2. The number of alkyl carbamates (subject to hydrolysis) is 1. The van der Waals surface area contributed by atoms with Gasteiger partial charge in [-0.25, -0.2) is 9.79 Å². The summed E-state index contributed by atoms with van der Waals surface area (Å²) in [5.41, 5.74) is 0.580. The molecular weight excluding hydrogens is 204 g/mol. The van der Waals surface area contributed by atoms with E-state index in [1.54, 1.807) is 12.3 Å². The lowest BCUT2D eigenvalue weighted by molar-refractivity contribution is 0.201. The lowest BCUT2D eigenvalue weighted by atomic mass is 10.4. The quantitative estimate of drug-likeness (QED) is 0.655. The Labute approximate surface area is 84.9 Å². The normalized spacial score (nSPS) is 23.1. The predicted molar refractivity (Wildman–Crippen MR) is 52.7 cm³/mol. The van der Waals surface area contributed by atoms with Crippen molar-refractivity contribution in [3.05, 3.63) is 24.1 Å². The minimum atomic E-state index is -0.525. The molecule has 0 spiro atoms. The van der Waals surface area contributed by atoms with Crippen LogP contribution < -0.4 is 5.32 Å². The maximum atomic E-state index is 10.9. The molecule has 14 heavy (non-hydrogen) atoms. The molecule has 1 amide bonds. The summed E-state index contributed by atoms with van der Waals surface area (Å²) in [6, 6.07) is 0. The fourth-order valence-corrected chi connectivity index (χ4v) is 1.82. The van der Waals surface area contributed by atoms with Crippen molar-refractivity contribution in [1.82, 2.24) is 5.32 Å². The van der Waals surface area contributed by atoms with Gasteiger partial charge in [0, 0.05) is 7.05 Å². The highest BCUT2D eigenvalue weighted by Gasteiger charge is 2.29. The van der Waals surface area contributed by atoms with Crippen molar-refractivity contribution in [1.29, 1.82) is 0 Å². The van der Waals surface area contributed by atoms with Gasteiger partial charge in [0.25, 0.3) is 5.23 Å². The minimum Gasteiger partial charge on any atom is -0.480 e. The Morgan fingerprint density at radius 3 is 3.36 bits per heavy atom. The SMILES string of the molecule is CNC(=O)OC1=NC2=CC=COC2S1. The second kappa shape index (κ2) is 3.75. The third-order valence-corrected chi connectivity index (χ3v) is 2.54. The number of rotatable bonds is 0. The van der Waals surface area contributed by atoms with Crippen LogP contribution in [0.1, 0.15) is 0 Å². The van der Waals surface area contributed by atoms with E-state index in [1.165, 1.54) is 18.8 Å². The zero-order chi connectivity index (χ0) is 9.97. The number of ether oxygens (including phenoxy) is 2. The molecule has 74 valence electrons. The number of carbonyl (C=O) groups is 1. The van der Waals surface area contributed by atoms with Gasteiger partial charge in [-0.05, 0) is 23.9 Å². The van der Waals surface area contributed by atoms with E-state index in [9.17, 15) is 4.79 Å². The molecule has 2 rings (SSSR count). The Balaban J connectivity index is 2.04. The predicted octanol–water partition coefficient (Wildman–Crippen LogP) is 1.20. The lowest BCUT2D eigenvalue weighted by Gasteiger charge is -2.11. The summed E-state index contributed by atoms with van der Waals surface area (Å²) in [6.07, 6.45) is 4.63. The van der Waals surface area contributed by atoms with Crippen LogP contribution in [0, 0.1) is 0 Å². The third-order valence-electron chi connectivity index (χ3n) is 1.60. The average molecular weight is 212 g/mol. The fourth-order valence-electron chi connectivity index (χ4n) is 0.982. The molecule has 1 N–H and O–H groups in total. The van der Waals surface area contributed by atoms with Gasteiger partial charge in [-0.1, -0.05) is 0 Å². The zero-order valence-corrected chi connectivity index (χ0v) is 8.21. The lowest BCUT2D eigenvalue weighted by Crippen LogP contribution is -2.21. The molecule has 1 atom stereocenters. The van der Waals surface area contributed by atoms with Crippen LogP contribution in [-0.2, 0) is 9.47 Å². The van der Waals surface area contributed by atoms with Crippen LogP contribution in [-0.4, -0.2) is 23.8 Å². The highest BCUT2D eigenvalue weighted by Crippen LogP contribution is 2.33. The molecule has 2 aliphatic heterocycles. The van der Waals surface area contributed by atoms with Crippen molar-refractivity contribution >= 4 is 23.1 Å². The van der Waals surface area contributed by atoms with Gasteiger partial charge in [-0.3, -0.25) is 0 Å². The van der Waals surface area contributed by atoms with E-state index in [1.807, 2.05) is 6.08 Å². The van der Waals surface area contributed by atoms with Gasteiger partial charge in [0.2, 0.25) is 0 Å². The van der Waals surface area contributed by atoms with Gasteiger partial charge < -0.3 is 14.8 Å². The molecule has 0 aromatic rings. The smallest absolute Gasteiger partial charge is 0.414 e. The molecule has 0 aliphatic carbocycles. The van der Waals surface area contributed by atoms with Crippen molar-refractivity contribution in [2.24, 2.45) is 4.99 Å². The largest absolute Gasteiger partial charge is 0.480 e. The molecule has 6 heteroatoms. The molecule has 0 saturated heterocycles. The molecule has 0 aromatic heterocycles. The maximum absolute atomic E-state index is 10.9. The summed E-state index contributed by atoms with van der Waals surface area (Å²) < 4.78 is 10.1. The van der Waals surface area contributed by atoms with E-state index < -0.39 is 6.09 Å². The Kier molecular flexibility index (Phi) is 2.45. The number of fused-ring (bicyclic) bond motifs is 1. The van der Waals surface area contributed by atoms with Gasteiger partial charge in [0.15, 0.2) is 5.44 Å². The van der Waals surface area contributed by atoms with Gasteiger partial charge >= 0.3 is 6.09 Å². The highest BCUT2D eigenvalue weighted by molar-refractivity contribution is 8.14. The van der Waals surface area contributed by atoms with Gasteiger partial charge in [0.05, 0.1) is 12.0 Å². The van der Waals surface area contributed by atoms with Gasteiger partial charge in [-0.15, -0.1) is 0 Å². The Hall–Kier alpha value is -1.43. The summed E-state index contributed by atoms with van der Waals surface area (Å²) in [6.45, 7) is 0. The Morgan fingerprint density at radius 2 is 2.64 bits per heavy atom. The molecule has 1 unspecified atom stereocenters. The monoisotopic (exact) mass is 212 g/mol.